The van der Waals surface area contributed by atoms with E-state index in [0.29, 0.717) is 6.54 Å². The Morgan fingerprint density at radius 1 is 1.56 bits per heavy atom. The topological polar surface area (TPSA) is 61.4 Å². The summed E-state index contributed by atoms with van der Waals surface area (Å²) in [5, 5.41) is 5.81. The van der Waals surface area contributed by atoms with Crippen molar-refractivity contribution in [1.29, 1.82) is 0 Å². The van der Waals surface area contributed by atoms with Crippen molar-refractivity contribution < 1.29 is 9.59 Å². The van der Waals surface area contributed by atoms with Crippen molar-refractivity contribution in [1.82, 2.24) is 15.5 Å². The molecule has 0 spiro atoms. The fourth-order valence-electron chi connectivity index (χ4n) is 1.90. The maximum absolute atomic E-state index is 11.9. The van der Waals surface area contributed by atoms with Crippen LogP contribution in [0.2, 0.25) is 0 Å². The van der Waals surface area contributed by atoms with Gasteiger partial charge in [-0.1, -0.05) is 6.92 Å². The summed E-state index contributed by atoms with van der Waals surface area (Å²) in [7, 11) is 0. The van der Waals surface area contributed by atoms with Crippen molar-refractivity contribution in [2.24, 2.45) is 0 Å². The second kappa shape index (κ2) is 6.48. The second-order valence-electron chi connectivity index (χ2n) is 3.99. The van der Waals surface area contributed by atoms with Crippen LogP contribution in [0.15, 0.2) is 0 Å². The lowest BCUT2D eigenvalue weighted by Gasteiger charge is -2.32. The van der Waals surface area contributed by atoms with E-state index < -0.39 is 0 Å². The molecule has 92 valence electrons. The van der Waals surface area contributed by atoms with Crippen LogP contribution < -0.4 is 10.6 Å². The van der Waals surface area contributed by atoms with Gasteiger partial charge in [-0.05, 0) is 13.3 Å². The maximum Gasteiger partial charge on any atom is 0.240 e. The molecule has 1 saturated heterocycles. The van der Waals surface area contributed by atoms with Gasteiger partial charge in [0.15, 0.2) is 0 Å². The van der Waals surface area contributed by atoms with Crippen LogP contribution in [0.1, 0.15) is 26.7 Å². The highest BCUT2D eigenvalue weighted by molar-refractivity contribution is 5.88. The van der Waals surface area contributed by atoms with E-state index in [4.69, 9.17) is 0 Å². The van der Waals surface area contributed by atoms with Crippen molar-refractivity contribution >= 4 is 11.8 Å². The first-order valence-electron chi connectivity index (χ1n) is 5.97. The molecule has 1 aliphatic heterocycles. The Morgan fingerprint density at radius 2 is 2.31 bits per heavy atom. The Morgan fingerprint density at radius 3 is 2.94 bits per heavy atom. The number of rotatable bonds is 5. The van der Waals surface area contributed by atoms with E-state index in [1.54, 1.807) is 0 Å². The number of amides is 2. The zero-order valence-electron chi connectivity index (χ0n) is 10.1. The van der Waals surface area contributed by atoms with Gasteiger partial charge < -0.3 is 15.5 Å². The molecule has 5 heteroatoms. The van der Waals surface area contributed by atoms with E-state index >= 15 is 0 Å². The van der Waals surface area contributed by atoms with Gasteiger partial charge in [0, 0.05) is 26.2 Å². The summed E-state index contributed by atoms with van der Waals surface area (Å²) >= 11 is 0. The number of hydrogen-bond acceptors (Lipinski definition) is 3. The molecular weight excluding hydrogens is 206 g/mol. The fraction of sp³-hybridized carbons (Fsp3) is 0.818. The van der Waals surface area contributed by atoms with Crippen LogP contribution in [-0.4, -0.2) is 48.9 Å². The SMILES string of the molecule is CCCN1CCNC(CC(=O)NCC)C1=O. The lowest BCUT2D eigenvalue weighted by Crippen LogP contribution is -2.56. The molecule has 5 nitrogen and oxygen atoms in total. The molecule has 1 heterocycles. The van der Waals surface area contributed by atoms with Gasteiger partial charge in [-0.3, -0.25) is 9.59 Å². The van der Waals surface area contributed by atoms with Crippen LogP contribution >= 0.6 is 0 Å². The highest BCUT2D eigenvalue weighted by atomic mass is 16.2. The van der Waals surface area contributed by atoms with Gasteiger partial charge in [0.25, 0.3) is 0 Å². The molecule has 16 heavy (non-hydrogen) atoms. The lowest BCUT2D eigenvalue weighted by atomic mass is 10.1. The molecule has 0 bridgehead atoms. The summed E-state index contributed by atoms with van der Waals surface area (Å²) in [5.74, 6) is -0.00829. The first-order chi connectivity index (χ1) is 7.69. The maximum atomic E-state index is 11.9. The molecule has 0 radical (unpaired) electrons. The zero-order chi connectivity index (χ0) is 12.0. The standard InChI is InChI=1S/C11H21N3O2/c1-3-6-14-7-5-13-9(11(14)16)8-10(15)12-4-2/h9,13H,3-8H2,1-2H3,(H,12,15). The normalized spacial score (nSPS) is 21.0. The van der Waals surface area contributed by atoms with Crippen LogP contribution in [0.25, 0.3) is 0 Å². The molecule has 0 aromatic heterocycles. The Balaban J connectivity index is 2.46. The number of carbonyl (C=O) groups excluding carboxylic acids is 2. The summed E-state index contributed by atoms with van der Waals surface area (Å²) < 4.78 is 0. The van der Waals surface area contributed by atoms with Crippen molar-refractivity contribution in [3.05, 3.63) is 0 Å². The number of carbonyl (C=O) groups is 2. The minimum atomic E-state index is -0.341. The molecule has 0 aromatic rings. The smallest absolute Gasteiger partial charge is 0.240 e. The van der Waals surface area contributed by atoms with Crippen LogP contribution in [0, 0.1) is 0 Å². The van der Waals surface area contributed by atoms with Crippen LogP contribution in [0.3, 0.4) is 0 Å². The number of piperazine rings is 1. The summed E-state index contributed by atoms with van der Waals surface area (Å²) in [6.07, 6.45) is 1.20. The number of hydrogen-bond donors (Lipinski definition) is 2. The van der Waals surface area contributed by atoms with Gasteiger partial charge in [-0.2, -0.15) is 0 Å². The van der Waals surface area contributed by atoms with E-state index in [9.17, 15) is 9.59 Å². The Kier molecular flexibility index (Phi) is 5.25. The molecule has 1 atom stereocenters. The van der Waals surface area contributed by atoms with Crippen molar-refractivity contribution in [2.75, 3.05) is 26.2 Å². The molecule has 1 fully saturated rings. The van der Waals surface area contributed by atoms with E-state index in [2.05, 4.69) is 10.6 Å². The average Bonchev–Trinajstić information content (AvgIpc) is 2.24. The minimum absolute atomic E-state index is 0.0550. The van der Waals surface area contributed by atoms with Crippen LogP contribution in [0.5, 0.6) is 0 Å². The van der Waals surface area contributed by atoms with Crippen LogP contribution in [0.4, 0.5) is 0 Å². The van der Waals surface area contributed by atoms with E-state index in [1.165, 1.54) is 0 Å². The zero-order valence-corrected chi connectivity index (χ0v) is 10.1. The third kappa shape index (κ3) is 3.48. The van der Waals surface area contributed by atoms with Gasteiger partial charge in [-0.15, -0.1) is 0 Å². The molecule has 2 N–H and O–H groups in total. The third-order valence-corrected chi connectivity index (χ3v) is 2.64. The molecule has 1 rings (SSSR count). The second-order valence-corrected chi connectivity index (χ2v) is 3.99. The predicted molar refractivity (Wildman–Crippen MR) is 62.0 cm³/mol. The molecule has 2 amide bonds. The summed E-state index contributed by atoms with van der Waals surface area (Å²) in [5.41, 5.74) is 0. The summed E-state index contributed by atoms with van der Waals surface area (Å²) in [6.45, 7) is 6.84. The first kappa shape index (κ1) is 13.0. The number of nitrogens with zero attached hydrogens (tertiary/aromatic N) is 1. The van der Waals surface area contributed by atoms with Crippen molar-refractivity contribution in [2.45, 2.75) is 32.7 Å². The van der Waals surface area contributed by atoms with E-state index in [1.807, 2.05) is 18.7 Å². The largest absolute Gasteiger partial charge is 0.356 e. The van der Waals surface area contributed by atoms with E-state index in [-0.39, 0.29) is 24.3 Å². The highest BCUT2D eigenvalue weighted by Crippen LogP contribution is 2.05. The molecule has 0 saturated carbocycles. The summed E-state index contributed by atoms with van der Waals surface area (Å²) in [4.78, 5) is 25.2. The molecular formula is C11H21N3O2. The highest BCUT2D eigenvalue weighted by Gasteiger charge is 2.29. The predicted octanol–water partition coefficient (Wildman–Crippen LogP) is -0.277. The average molecular weight is 227 g/mol. The van der Waals surface area contributed by atoms with Crippen LogP contribution in [-0.2, 0) is 9.59 Å². The van der Waals surface area contributed by atoms with Crippen molar-refractivity contribution in [3.63, 3.8) is 0 Å². The Labute approximate surface area is 96.6 Å². The van der Waals surface area contributed by atoms with Gasteiger partial charge in [-0.25, -0.2) is 0 Å². The third-order valence-electron chi connectivity index (χ3n) is 2.64. The quantitative estimate of drug-likeness (QED) is 0.679. The molecule has 1 aliphatic rings. The Bertz CT molecular complexity index is 254. The monoisotopic (exact) mass is 227 g/mol. The van der Waals surface area contributed by atoms with Gasteiger partial charge in [0.05, 0.1) is 12.5 Å². The van der Waals surface area contributed by atoms with Gasteiger partial charge in [0.2, 0.25) is 11.8 Å². The lowest BCUT2D eigenvalue weighted by molar-refractivity contribution is -0.138. The molecule has 1 unspecified atom stereocenters. The fourth-order valence-corrected chi connectivity index (χ4v) is 1.90. The number of nitrogens with one attached hydrogen (secondary N) is 2. The molecule has 0 aromatic carbocycles. The van der Waals surface area contributed by atoms with Gasteiger partial charge in [0.1, 0.15) is 0 Å². The van der Waals surface area contributed by atoms with E-state index in [0.717, 1.165) is 26.1 Å². The first-order valence-corrected chi connectivity index (χ1v) is 5.97. The van der Waals surface area contributed by atoms with Gasteiger partial charge >= 0.3 is 0 Å². The Hall–Kier alpha value is -1.10. The summed E-state index contributed by atoms with van der Waals surface area (Å²) in [6, 6.07) is -0.341. The molecule has 0 aliphatic carbocycles. The minimum Gasteiger partial charge on any atom is -0.356 e. The van der Waals surface area contributed by atoms with Crippen molar-refractivity contribution in [3.8, 4) is 0 Å².